The Morgan fingerprint density at radius 3 is 2.26 bits per heavy atom. The number of hydrogen-bond donors (Lipinski definition) is 1. The first-order valence-electron chi connectivity index (χ1n) is 5.84. The van der Waals surface area contributed by atoms with E-state index in [0.29, 0.717) is 5.56 Å². The maximum Gasteiger partial charge on any atom is 0.194 e. The molecule has 0 radical (unpaired) electrons. The summed E-state index contributed by atoms with van der Waals surface area (Å²) in [5, 5.41) is 3.11. The minimum absolute atomic E-state index is 0.000763. The molecule has 2 rings (SSSR count). The maximum atomic E-state index is 13.0. The highest BCUT2D eigenvalue weighted by Gasteiger charge is 2.11. The molecule has 19 heavy (non-hydrogen) atoms. The van der Waals surface area contributed by atoms with E-state index in [1.807, 2.05) is 19.1 Å². The van der Waals surface area contributed by atoms with Crippen molar-refractivity contribution in [3.05, 3.63) is 65.2 Å². The van der Waals surface area contributed by atoms with E-state index < -0.39 is 17.5 Å². The molecule has 0 aliphatic heterocycles. The topological polar surface area (TPSA) is 24.9 Å². The Balaban J connectivity index is 2.03. The zero-order valence-corrected chi connectivity index (χ0v) is 10.3. The highest BCUT2D eigenvalue weighted by molar-refractivity contribution is 5.20. The van der Waals surface area contributed by atoms with Crippen molar-refractivity contribution in [1.29, 1.82) is 0 Å². The summed E-state index contributed by atoms with van der Waals surface area (Å²) in [5.41, 5.74) is 1.37. The first kappa shape index (κ1) is 13.5. The lowest BCUT2D eigenvalue weighted by Gasteiger charge is -2.14. The number of halogens is 3. The molecule has 2 nitrogen and oxygen atoms in total. The molecule has 0 saturated heterocycles. The lowest BCUT2D eigenvalue weighted by atomic mass is 10.1. The van der Waals surface area contributed by atoms with Gasteiger partial charge >= 0.3 is 0 Å². The van der Waals surface area contributed by atoms with Crippen LogP contribution < -0.4 is 5.32 Å². The third-order valence-corrected chi connectivity index (χ3v) is 2.86. The normalized spacial score (nSPS) is 12.4. The van der Waals surface area contributed by atoms with Gasteiger partial charge in [-0.15, -0.1) is 0 Å². The molecule has 0 amide bonds. The van der Waals surface area contributed by atoms with Gasteiger partial charge in [0.05, 0.1) is 0 Å². The quantitative estimate of drug-likeness (QED) is 0.858. The second kappa shape index (κ2) is 5.84. The first-order chi connectivity index (χ1) is 9.08. The summed E-state index contributed by atoms with van der Waals surface area (Å²) in [6.07, 6.45) is 3.34. The van der Waals surface area contributed by atoms with Gasteiger partial charge in [-0.2, -0.15) is 0 Å². The first-order valence-corrected chi connectivity index (χ1v) is 5.84. The van der Waals surface area contributed by atoms with Gasteiger partial charge in [0, 0.05) is 25.0 Å². The largest absolute Gasteiger partial charge is 0.306 e. The Hall–Kier alpha value is -1.88. The van der Waals surface area contributed by atoms with Gasteiger partial charge in [-0.1, -0.05) is 0 Å². The zero-order valence-electron chi connectivity index (χ0n) is 10.3. The van der Waals surface area contributed by atoms with E-state index in [2.05, 4.69) is 10.3 Å². The molecule has 100 valence electrons. The molecule has 0 bridgehead atoms. The Labute approximate surface area is 109 Å². The van der Waals surface area contributed by atoms with Crippen LogP contribution in [0.25, 0.3) is 0 Å². The highest BCUT2D eigenvalue weighted by atomic mass is 19.2. The van der Waals surface area contributed by atoms with E-state index in [4.69, 9.17) is 0 Å². The van der Waals surface area contributed by atoms with Crippen molar-refractivity contribution >= 4 is 0 Å². The van der Waals surface area contributed by atoms with Gasteiger partial charge in [0.15, 0.2) is 17.5 Å². The molecule has 1 heterocycles. The Morgan fingerprint density at radius 1 is 1.11 bits per heavy atom. The highest BCUT2D eigenvalue weighted by Crippen LogP contribution is 2.15. The fraction of sp³-hybridized carbons (Fsp3) is 0.214. The third kappa shape index (κ3) is 3.32. The van der Waals surface area contributed by atoms with E-state index >= 15 is 0 Å². The van der Waals surface area contributed by atoms with Crippen LogP contribution in [0, 0.1) is 17.5 Å². The molecule has 1 atom stereocenters. The van der Waals surface area contributed by atoms with Crippen molar-refractivity contribution in [2.45, 2.75) is 19.5 Å². The summed E-state index contributed by atoms with van der Waals surface area (Å²) >= 11 is 0. The second-order valence-corrected chi connectivity index (χ2v) is 4.26. The standard InChI is InChI=1S/C14H13F3N2/c1-9(11-2-4-18-5-3-11)19-8-10-6-12(15)14(17)13(16)7-10/h2-7,9,19H,8H2,1H3. The van der Waals surface area contributed by atoms with Crippen LogP contribution in [0.1, 0.15) is 24.1 Å². The maximum absolute atomic E-state index is 13.0. The molecular weight excluding hydrogens is 253 g/mol. The summed E-state index contributed by atoms with van der Waals surface area (Å²) < 4.78 is 38.9. The van der Waals surface area contributed by atoms with Gasteiger partial charge in [0.2, 0.25) is 0 Å². The van der Waals surface area contributed by atoms with Crippen LogP contribution in [-0.4, -0.2) is 4.98 Å². The summed E-state index contributed by atoms with van der Waals surface area (Å²) in [6, 6.07) is 5.68. The number of rotatable bonds is 4. The van der Waals surface area contributed by atoms with Gasteiger partial charge in [0.1, 0.15) is 0 Å². The third-order valence-electron chi connectivity index (χ3n) is 2.86. The summed E-state index contributed by atoms with van der Waals surface area (Å²) in [5.74, 6) is -3.78. The lowest BCUT2D eigenvalue weighted by Crippen LogP contribution is -2.18. The predicted molar refractivity (Wildman–Crippen MR) is 65.8 cm³/mol. The van der Waals surface area contributed by atoms with Gasteiger partial charge in [0.25, 0.3) is 0 Å². The van der Waals surface area contributed by atoms with Gasteiger partial charge in [-0.3, -0.25) is 4.98 Å². The molecule has 1 aromatic heterocycles. The van der Waals surface area contributed by atoms with E-state index in [0.717, 1.165) is 17.7 Å². The van der Waals surface area contributed by atoms with Crippen molar-refractivity contribution < 1.29 is 13.2 Å². The minimum Gasteiger partial charge on any atom is -0.306 e. The van der Waals surface area contributed by atoms with Crippen LogP contribution in [0.4, 0.5) is 13.2 Å². The van der Waals surface area contributed by atoms with Crippen molar-refractivity contribution in [3.63, 3.8) is 0 Å². The van der Waals surface area contributed by atoms with Crippen LogP contribution in [0.5, 0.6) is 0 Å². The van der Waals surface area contributed by atoms with E-state index in [-0.39, 0.29) is 12.6 Å². The number of aromatic nitrogens is 1. The number of benzene rings is 1. The van der Waals surface area contributed by atoms with Gasteiger partial charge < -0.3 is 5.32 Å². The Morgan fingerprint density at radius 2 is 1.68 bits per heavy atom. The number of nitrogens with zero attached hydrogens (tertiary/aromatic N) is 1. The SMILES string of the molecule is CC(NCc1cc(F)c(F)c(F)c1)c1ccncc1. The fourth-order valence-electron chi connectivity index (χ4n) is 1.75. The summed E-state index contributed by atoms with van der Waals surface area (Å²) in [4.78, 5) is 3.91. The molecule has 0 fully saturated rings. The van der Waals surface area contributed by atoms with Crippen LogP contribution in [0.15, 0.2) is 36.7 Å². The van der Waals surface area contributed by atoms with Gasteiger partial charge in [-0.25, -0.2) is 13.2 Å². The van der Waals surface area contributed by atoms with E-state index in [9.17, 15) is 13.2 Å². The molecule has 1 N–H and O–H groups in total. The number of nitrogens with one attached hydrogen (secondary N) is 1. The molecule has 0 aliphatic rings. The van der Waals surface area contributed by atoms with Crippen LogP contribution in [-0.2, 0) is 6.54 Å². The summed E-state index contributed by atoms with van der Waals surface area (Å²) in [6.45, 7) is 2.17. The van der Waals surface area contributed by atoms with Crippen molar-refractivity contribution in [2.24, 2.45) is 0 Å². The molecule has 0 saturated carbocycles. The minimum atomic E-state index is -1.44. The molecule has 0 aliphatic carbocycles. The predicted octanol–water partition coefficient (Wildman–Crippen LogP) is 3.35. The van der Waals surface area contributed by atoms with E-state index in [1.165, 1.54) is 0 Å². The number of hydrogen-bond acceptors (Lipinski definition) is 2. The van der Waals surface area contributed by atoms with Gasteiger partial charge in [-0.05, 0) is 42.3 Å². The van der Waals surface area contributed by atoms with Crippen LogP contribution >= 0.6 is 0 Å². The average molecular weight is 266 g/mol. The van der Waals surface area contributed by atoms with Crippen molar-refractivity contribution in [2.75, 3.05) is 0 Å². The number of pyridine rings is 1. The second-order valence-electron chi connectivity index (χ2n) is 4.26. The molecule has 1 unspecified atom stereocenters. The fourth-order valence-corrected chi connectivity index (χ4v) is 1.75. The Kier molecular flexibility index (Phi) is 4.16. The van der Waals surface area contributed by atoms with Crippen molar-refractivity contribution in [3.8, 4) is 0 Å². The van der Waals surface area contributed by atoms with Crippen molar-refractivity contribution in [1.82, 2.24) is 10.3 Å². The van der Waals surface area contributed by atoms with E-state index in [1.54, 1.807) is 12.4 Å². The lowest BCUT2D eigenvalue weighted by molar-refractivity contribution is 0.443. The molecular formula is C14H13F3N2. The molecule has 1 aromatic carbocycles. The molecule has 5 heteroatoms. The molecule has 2 aromatic rings. The zero-order chi connectivity index (χ0) is 13.8. The van der Waals surface area contributed by atoms with Crippen LogP contribution in [0.3, 0.4) is 0 Å². The Bertz CT molecular complexity index is 535. The average Bonchev–Trinajstić information content (AvgIpc) is 2.43. The monoisotopic (exact) mass is 266 g/mol. The van der Waals surface area contributed by atoms with Crippen LogP contribution in [0.2, 0.25) is 0 Å². The summed E-state index contributed by atoms with van der Waals surface area (Å²) in [7, 11) is 0. The smallest absolute Gasteiger partial charge is 0.194 e. The molecule has 0 spiro atoms.